The summed E-state index contributed by atoms with van der Waals surface area (Å²) in [6.07, 6.45) is 3.63. The second-order valence-corrected chi connectivity index (χ2v) is 5.19. The number of carbonyl (C=O) groups is 1. The van der Waals surface area contributed by atoms with E-state index in [2.05, 4.69) is 10.5 Å². The van der Waals surface area contributed by atoms with Gasteiger partial charge in [0.1, 0.15) is 11.3 Å². The Bertz CT molecular complexity index is 416. The van der Waals surface area contributed by atoms with Crippen molar-refractivity contribution in [2.24, 2.45) is 0 Å². The molecular formula is C14H23N3O2. The van der Waals surface area contributed by atoms with Crippen molar-refractivity contribution in [2.75, 3.05) is 19.6 Å². The highest BCUT2D eigenvalue weighted by Gasteiger charge is 2.25. The normalized spacial score (nSPS) is 19.4. The standard InChI is InChI=1S/C14H23N3O2/c1-4-17(9-12-7-5-6-8-15-12)14(18)13-10(2)16-19-11(13)3/h12,15H,4-9H2,1-3H3. The smallest absolute Gasteiger partial charge is 0.259 e. The van der Waals surface area contributed by atoms with E-state index < -0.39 is 0 Å². The number of aromatic nitrogens is 1. The zero-order valence-electron chi connectivity index (χ0n) is 12.0. The number of likely N-dealkylation sites (N-methyl/N-ethyl adjacent to an activating group) is 1. The Kier molecular flexibility index (Phi) is 4.58. The van der Waals surface area contributed by atoms with Crippen LogP contribution in [0.2, 0.25) is 0 Å². The SMILES string of the molecule is CCN(CC1CCCCN1)C(=O)c1c(C)noc1C. The van der Waals surface area contributed by atoms with Crippen molar-refractivity contribution in [1.82, 2.24) is 15.4 Å². The number of hydrogen-bond donors (Lipinski definition) is 1. The molecule has 0 bridgehead atoms. The maximum atomic E-state index is 12.6. The van der Waals surface area contributed by atoms with E-state index in [9.17, 15) is 4.79 Å². The Morgan fingerprint density at radius 1 is 1.47 bits per heavy atom. The van der Waals surface area contributed by atoms with Crippen molar-refractivity contribution in [2.45, 2.75) is 46.1 Å². The first kappa shape index (κ1) is 14.1. The monoisotopic (exact) mass is 265 g/mol. The minimum Gasteiger partial charge on any atom is -0.361 e. The van der Waals surface area contributed by atoms with Crippen LogP contribution in [0.1, 0.15) is 48.0 Å². The molecule has 106 valence electrons. The summed E-state index contributed by atoms with van der Waals surface area (Å²) in [5.74, 6) is 0.642. The van der Waals surface area contributed by atoms with Crippen molar-refractivity contribution < 1.29 is 9.32 Å². The molecule has 5 nitrogen and oxygen atoms in total. The summed E-state index contributed by atoms with van der Waals surface area (Å²) >= 11 is 0. The fraction of sp³-hybridized carbons (Fsp3) is 0.714. The molecule has 0 radical (unpaired) electrons. The van der Waals surface area contributed by atoms with Crippen molar-refractivity contribution >= 4 is 5.91 Å². The minimum absolute atomic E-state index is 0.0334. The van der Waals surface area contributed by atoms with Crippen molar-refractivity contribution in [3.63, 3.8) is 0 Å². The number of amides is 1. The van der Waals surface area contributed by atoms with Gasteiger partial charge in [-0.25, -0.2) is 0 Å². The molecular weight excluding hydrogens is 242 g/mol. The van der Waals surface area contributed by atoms with E-state index in [0.29, 0.717) is 29.6 Å². The fourth-order valence-corrected chi connectivity index (χ4v) is 2.65. The predicted molar refractivity (Wildman–Crippen MR) is 73.2 cm³/mol. The van der Waals surface area contributed by atoms with Crippen LogP contribution >= 0.6 is 0 Å². The number of hydrogen-bond acceptors (Lipinski definition) is 4. The Labute approximate surface area is 114 Å². The molecule has 1 aromatic heterocycles. The van der Waals surface area contributed by atoms with Crippen LogP contribution in [0.15, 0.2) is 4.52 Å². The van der Waals surface area contributed by atoms with Gasteiger partial charge in [-0.1, -0.05) is 11.6 Å². The summed E-state index contributed by atoms with van der Waals surface area (Å²) in [6.45, 7) is 8.15. The van der Waals surface area contributed by atoms with Gasteiger partial charge in [-0.3, -0.25) is 4.79 Å². The van der Waals surface area contributed by atoms with E-state index in [0.717, 1.165) is 19.5 Å². The molecule has 2 heterocycles. The second kappa shape index (κ2) is 6.19. The quantitative estimate of drug-likeness (QED) is 0.903. The van der Waals surface area contributed by atoms with Crippen LogP contribution in [0, 0.1) is 13.8 Å². The fourth-order valence-electron chi connectivity index (χ4n) is 2.65. The topological polar surface area (TPSA) is 58.4 Å². The zero-order chi connectivity index (χ0) is 13.8. The maximum Gasteiger partial charge on any atom is 0.259 e. The van der Waals surface area contributed by atoms with Gasteiger partial charge in [-0.2, -0.15) is 0 Å². The van der Waals surface area contributed by atoms with Gasteiger partial charge in [0.15, 0.2) is 0 Å². The summed E-state index contributed by atoms with van der Waals surface area (Å²) in [5, 5.41) is 7.34. The van der Waals surface area contributed by atoms with Crippen LogP contribution < -0.4 is 5.32 Å². The molecule has 2 rings (SSSR count). The van der Waals surface area contributed by atoms with E-state index in [4.69, 9.17) is 4.52 Å². The summed E-state index contributed by atoms with van der Waals surface area (Å²) < 4.78 is 5.09. The Hall–Kier alpha value is -1.36. The maximum absolute atomic E-state index is 12.6. The van der Waals surface area contributed by atoms with Crippen LogP contribution in [0.5, 0.6) is 0 Å². The Morgan fingerprint density at radius 3 is 2.79 bits per heavy atom. The summed E-state index contributed by atoms with van der Waals surface area (Å²) in [5.41, 5.74) is 1.30. The van der Waals surface area contributed by atoms with Gasteiger partial charge in [0.05, 0.1) is 5.69 Å². The molecule has 1 atom stereocenters. The van der Waals surface area contributed by atoms with Gasteiger partial charge in [0.2, 0.25) is 0 Å². The first-order chi connectivity index (χ1) is 9.13. The molecule has 0 aromatic carbocycles. The highest BCUT2D eigenvalue weighted by atomic mass is 16.5. The summed E-state index contributed by atoms with van der Waals surface area (Å²) in [7, 11) is 0. The number of piperidine rings is 1. The highest BCUT2D eigenvalue weighted by molar-refractivity contribution is 5.96. The van der Waals surface area contributed by atoms with E-state index >= 15 is 0 Å². The van der Waals surface area contributed by atoms with Crippen molar-refractivity contribution in [1.29, 1.82) is 0 Å². The average molecular weight is 265 g/mol. The molecule has 1 fully saturated rings. The number of carbonyl (C=O) groups excluding carboxylic acids is 1. The lowest BCUT2D eigenvalue weighted by atomic mass is 10.0. The molecule has 0 spiro atoms. The van der Waals surface area contributed by atoms with Crippen molar-refractivity contribution in [3.8, 4) is 0 Å². The lowest BCUT2D eigenvalue weighted by Gasteiger charge is -2.30. The van der Waals surface area contributed by atoms with E-state index in [-0.39, 0.29) is 5.91 Å². The summed E-state index contributed by atoms with van der Waals surface area (Å²) in [4.78, 5) is 14.4. The molecule has 1 N–H and O–H groups in total. The second-order valence-electron chi connectivity index (χ2n) is 5.19. The number of nitrogens with zero attached hydrogens (tertiary/aromatic N) is 2. The molecule has 1 amide bonds. The van der Waals surface area contributed by atoms with Gasteiger partial charge < -0.3 is 14.7 Å². The lowest BCUT2D eigenvalue weighted by Crippen LogP contribution is -2.45. The predicted octanol–water partition coefficient (Wildman–Crippen LogP) is 1.90. The summed E-state index contributed by atoms with van der Waals surface area (Å²) in [6, 6.07) is 0.415. The number of aryl methyl sites for hydroxylation is 2. The van der Waals surface area contributed by atoms with Gasteiger partial charge in [0, 0.05) is 19.1 Å². The Balaban J connectivity index is 2.06. The van der Waals surface area contributed by atoms with Crippen LogP contribution in [0.4, 0.5) is 0 Å². The van der Waals surface area contributed by atoms with E-state index in [1.807, 2.05) is 18.7 Å². The first-order valence-corrected chi connectivity index (χ1v) is 7.09. The van der Waals surface area contributed by atoms with Gasteiger partial charge in [-0.15, -0.1) is 0 Å². The molecule has 1 saturated heterocycles. The third kappa shape index (κ3) is 3.15. The Morgan fingerprint density at radius 2 is 2.26 bits per heavy atom. The van der Waals surface area contributed by atoms with E-state index in [1.54, 1.807) is 6.92 Å². The largest absolute Gasteiger partial charge is 0.361 e. The first-order valence-electron chi connectivity index (χ1n) is 7.09. The van der Waals surface area contributed by atoms with E-state index in [1.165, 1.54) is 12.8 Å². The highest BCUT2D eigenvalue weighted by Crippen LogP contribution is 2.16. The van der Waals surface area contributed by atoms with Crippen molar-refractivity contribution in [3.05, 3.63) is 17.0 Å². The molecule has 5 heteroatoms. The van der Waals surface area contributed by atoms with Crippen LogP contribution in [0.25, 0.3) is 0 Å². The molecule has 0 saturated carbocycles. The number of rotatable bonds is 4. The van der Waals surface area contributed by atoms with Gasteiger partial charge >= 0.3 is 0 Å². The third-order valence-electron chi connectivity index (χ3n) is 3.77. The zero-order valence-corrected chi connectivity index (χ0v) is 12.0. The molecule has 1 unspecified atom stereocenters. The van der Waals surface area contributed by atoms with Crippen LogP contribution in [0.3, 0.4) is 0 Å². The molecule has 1 aromatic rings. The lowest BCUT2D eigenvalue weighted by molar-refractivity contribution is 0.0739. The van der Waals surface area contributed by atoms with Gasteiger partial charge in [0.25, 0.3) is 5.91 Å². The third-order valence-corrected chi connectivity index (χ3v) is 3.77. The molecule has 1 aliphatic heterocycles. The van der Waals surface area contributed by atoms with Gasteiger partial charge in [-0.05, 0) is 40.2 Å². The average Bonchev–Trinajstić information content (AvgIpc) is 2.76. The van der Waals surface area contributed by atoms with Crippen LogP contribution in [-0.4, -0.2) is 41.6 Å². The molecule has 19 heavy (non-hydrogen) atoms. The number of nitrogens with one attached hydrogen (secondary N) is 1. The molecule has 0 aliphatic carbocycles. The molecule has 1 aliphatic rings. The van der Waals surface area contributed by atoms with Crippen LogP contribution in [-0.2, 0) is 0 Å². The minimum atomic E-state index is 0.0334.